The van der Waals surface area contributed by atoms with E-state index in [1.54, 1.807) is 0 Å². The molecule has 20 heavy (non-hydrogen) atoms. The van der Waals surface area contributed by atoms with Gasteiger partial charge in [-0.1, -0.05) is 25.1 Å². The number of benzene rings is 1. The van der Waals surface area contributed by atoms with E-state index in [9.17, 15) is 9.90 Å². The Kier molecular flexibility index (Phi) is 3.21. The summed E-state index contributed by atoms with van der Waals surface area (Å²) in [6, 6.07) is 7.95. The van der Waals surface area contributed by atoms with Gasteiger partial charge in [-0.3, -0.25) is 4.79 Å². The highest BCUT2D eigenvalue weighted by Gasteiger charge is 2.54. The Morgan fingerprint density at radius 1 is 1.45 bits per heavy atom. The van der Waals surface area contributed by atoms with Gasteiger partial charge < -0.3 is 14.9 Å². The smallest absolute Gasteiger partial charge is 0.224 e. The Bertz CT molecular complexity index is 531. The third-order valence-electron chi connectivity index (χ3n) is 4.58. The van der Waals surface area contributed by atoms with Gasteiger partial charge in [0.05, 0.1) is 0 Å². The average Bonchev–Trinajstić information content (AvgIpc) is 2.68. The van der Waals surface area contributed by atoms with Crippen molar-refractivity contribution < 1.29 is 9.90 Å². The van der Waals surface area contributed by atoms with Crippen LogP contribution in [0.4, 0.5) is 5.69 Å². The number of aliphatic hydroxyl groups is 1. The van der Waals surface area contributed by atoms with Gasteiger partial charge in [0.1, 0.15) is 11.8 Å². The van der Waals surface area contributed by atoms with Crippen LogP contribution in [-0.4, -0.2) is 35.7 Å². The lowest BCUT2D eigenvalue weighted by atomic mass is 9.85. The van der Waals surface area contributed by atoms with Gasteiger partial charge in [0.15, 0.2) is 0 Å². The molecule has 0 saturated carbocycles. The first-order valence-electron chi connectivity index (χ1n) is 7.44. The van der Waals surface area contributed by atoms with Crippen LogP contribution < -0.4 is 4.90 Å². The maximum absolute atomic E-state index is 12.4. The molecule has 3 rings (SSSR count). The topological polar surface area (TPSA) is 43.8 Å². The van der Waals surface area contributed by atoms with Crippen molar-refractivity contribution in [2.75, 3.05) is 18.5 Å². The fourth-order valence-corrected chi connectivity index (χ4v) is 3.73. The molecule has 4 nitrogen and oxygen atoms in total. The molecule has 2 aliphatic heterocycles. The van der Waals surface area contributed by atoms with Crippen LogP contribution in [0.1, 0.15) is 38.2 Å². The summed E-state index contributed by atoms with van der Waals surface area (Å²) >= 11 is 0. The number of fused-ring (bicyclic) bond motifs is 3. The van der Waals surface area contributed by atoms with Crippen LogP contribution >= 0.6 is 0 Å². The fourth-order valence-electron chi connectivity index (χ4n) is 3.73. The number of likely N-dealkylation sites (tertiary alicyclic amines) is 1. The normalized spacial score (nSPS) is 28.2. The summed E-state index contributed by atoms with van der Waals surface area (Å²) in [5.41, 5.74) is 1.07. The summed E-state index contributed by atoms with van der Waals surface area (Å²) in [6.07, 6.45) is 2.71. The van der Waals surface area contributed by atoms with Crippen LogP contribution in [0.2, 0.25) is 0 Å². The minimum absolute atomic E-state index is 0.148. The largest absolute Gasteiger partial charge is 0.381 e. The maximum Gasteiger partial charge on any atom is 0.224 e. The predicted molar refractivity (Wildman–Crippen MR) is 78.4 cm³/mol. The molecule has 0 bridgehead atoms. The van der Waals surface area contributed by atoms with Gasteiger partial charge in [0, 0.05) is 31.3 Å². The van der Waals surface area contributed by atoms with Crippen molar-refractivity contribution in [1.82, 2.24) is 4.90 Å². The second-order valence-electron chi connectivity index (χ2n) is 5.87. The Morgan fingerprint density at radius 2 is 2.20 bits per heavy atom. The zero-order valence-corrected chi connectivity index (χ0v) is 12.2. The van der Waals surface area contributed by atoms with Crippen molar-refractivity contribution in [1.29, 1.82) is 0 Å². The molecule has 1 saturated heterocycles. The maximum atomic E-state index is 12.4. The number of nitrogens with zero attached hydrogens (tertiary/aromatic N) is 2. The second-order valence-corrected chi connectivity index (χ2v) is 5.87. The van der Waals surface area contributed by atoms with E-state index in [-0.39, 0.29) is 12.1 Å². The quantitative estimate of drug-likeness (QED) is 0.898. The van der Waals surface area contributed by atoms with Crippen molar-refractivity contribution in [3.8, 4) is 0 Å². The van der Waals surface area contributed by atoms with Crippen LogP contribution in [0.15, 0.2) is 24.3 Å². The molecular weight excluding hydrogens is 252 g/mol. The molecule has 1 aromatic carbocycles. The van der Waals surface area contributed by atoms with Crippen molar-refractivity contribution >= 4 is 11.6 Å². The minimum Gasteiger partial charge on any atom is -0.381 e. The first-order chi connectivity index (χ1) is 9.59. The molecule has 2 heterocycles. The van der Waals surface area contributed by atoms with Crippen molar-refractivity contribution in [2.45, 2.75) is 44.4 Å². The van der Waals surface area contributed by atoms with E-state index in [1.807, 2.05) is 43.1 Å². The monoisotopic (exact) mass is 274 g/mol. The van der Waals surface area contributed by atoms with Crippen LogP contribution in [0, 0.1) is 0 Å². The molecule has 4 heteroatoms. The molecule has 1 fully saturated rings. The summed E-state index contributed by atoms with van der Waals surface area (Å²) < 4.78 is 0. The molecule has 0 spiro atoms. The summed E-state index contributed by atoms with van der Waals surface area (Å²) in [6.45, 7) is 2.76. The number of likely N-dealkylation sites (N-methyl/N-ethyl adjacent to an activating group) is 1. The second kappa shape index (κ2) is 4.77. The number of hydrogen-bond donors (Lipinski definition) is 1. The number of rotatable bonds is 2. The number of carbonyl (C=O) groups is 1. The molecule has 2 unspecified atom stereocenters. The van der Waals surface area contributed by atoms with Crippen molar-refractivity contribution in [3.05, 3.63) is 29.8 Å². The standard InChI is InChI=1S/C16H22N2O2/c1-3-7-14(19)18-11-6-10-16(20)12-8-4-5-9-13(12)17(2)15(16)18/h4-5,8-9,15,20H,3,6-7,10-11H2,1-2H3. The highest BCUT2D eigenvalue weighted by molar-refractivity contribution is 5.78. The summed E-state index contributed by atoms with van der Waals surface area (Å²) in [7, 11) is 1.97. The van der Waals surface area contributed by atoms with E-state index in [0.29, 0.717) is 6.42 Å². The van der Waals surface area contributed by atoms with Crippen LogP contribution in [0.5, 0.6) is 0 Å². The molecule has 0 aliphatic carbocycles. The number of piperidine rings is 1. The van der Waals surface area contributed by atoms with Gasteiger partial charge in [-0.15, -0.1) is 0 Å². The number of anilines is 1. The van der Waals surface area contributed by atoms with E-state index < -0.39 is 5.60 Å². The number of amides is 1. The molecule has 2 atom stereocenters. The zero-order valence-electron chi connectivity index (χ0n) is 12.2. The fraction of sp³-hybridized carbons (Fsp3) is 0.562. The Labute approximate surface area is 120 Å². The zero-order chi connectivity index (χ0) is 14.3. The number of carbonyl (C=O) groups excluding carboxylic acids is 1. The highest BCUT2D eigenvalue weighted by Crippen LogP contribution is 2.48. The van der Waals surface area contributed by atoms with E-state index in [2.05, 4.69) is 4.90 Å². The van der Waals surface area contributed by atoms with E-state index in [0.717, 1.165) is 37.1 Å². The Hall–Kier alpha value is -1.55. The van der Waals surface area contributed by atoms with E-state index in [4.69, 9.17) is 0 Å². The van der Waals surface area contributed by atoms with Crippen LogP contribution in [0.3, 0.4) is 0 Å². The molecule has 1 aromatic rings. The van der Waals surface area contributed by atoms with Gasteiger partial charge >= 0.3 is 0 Å². The lowest BCUT2D eigenvalue weighted by molar-refractivity contribution is -0.146. The van der Waals surface area contributed by atoms with Gasteiger partial charge in [0.25, 0.3) is 0 Å². The molecule has 1 N–H and O–H groups in total. The van der Waals surface area contributed by atoms with Crippen LogP contribution in [-0.2, 0) is 10.4 Å². The van der Waals surface area contributed by atoms with Crippen LogP contribution in [0.25, 0.3) is 0 Å². The average molecular weight is 274 g/mol. The SMILES string of the molecule is CCCC(=O)N1CCCC2(O)c3ccccc3N(C)C12. The third-order valence-corrected chi connectivity index (χ3v) is 4.58. The summed E-state index contributed by atoms with van der Waals surface area (Å²) in [5, 5.41) is 11.2. The summed E-state index contributed by atoms with van der Waals surface area (Å²) in [5.74, 6) is 0.148. The van der Waals surface area contributed by atoms with Gasteiger partial charge in [-0.2, -0.15) is 0 Å². The predicted octanol–water partition coefficient (Wildman–Crippen LogP) is 2.07. The van der Waals surface area contributed by atoms with Gasteiger partial charge in [0.2, 0.25) is 5.91 Å². The lowest BCUT2D eigenvalue weighted by Crippen LogP contribution is -2.60. The molecule has 108 valence electrons. The molecule has 0 radical (unpaired) electrons. The van der Waals surface area contributed by atoms with Crippen molar-refractivity contribution in [2.24, 2.45) is 0 Å². The lowest BCUT2D eigenvalue weighted by Gasteiger charge is -2.45. The Balaban J connectivity index is 2.02. The third kappa shape index (κ3) is 1.74. The highest BCUT2D eigenvalue weighted by atomic mass is 16.3. The van der Waals surface area contributed by atoms with Crippen molar-refractivity contribution in [3.63, 3.8) is 0 Å². The van der Waals surface area contributed by atoms with E-state index in [1.165, 1.54) is 0 Å². The molecule has 2 aliphatic rings. The van der Waals surface area contributed by atoms with E-state index >= 15 is 0 Å². The van der Waals surface area contributed by atoms with Gasteiger partial charge in [-0.05, 0) is 25.3 Å². The van der Waals surface area contributed by atoms with Gasteiger partial charge in [-0.25, -0.2) is 0 Å². The first kappa shape index (κ1) is 13.4. The first-order valence-corrected chi connectivity index (χ1v) is 7.44. The summed E-state index contributed by atoms with van der Waals surface area (Å²) in [4.78, 5) is 16.3. The number of para-hydroxylation sites is 1. The number of hydrogen-bond acceptors (Lipinski definition) is 3. The Morgan fingerprint density at radius 3 is 2.95 bits per heavy atom. The molecular formula is C16H22N2O2. The minimum atomic E-state index is -0.924. The molecule has 1 amide bonds. The molecule has 0 aromatic heterocycles.